The Labute approximate surface area is 240 Å². The van der Waals surface area contributed by atoms with Crippen LogP contribution >= 0.6 is 11.6 Å². The minimum absolute atomic E-state index is 0.0241. The standard InChI is InChI=1S/C25H17ClF8N6O3/c1-39-22(18(24(29,30)31)20(37-39)23(27,28)25(32,33)34)40-10-16(36-38-40)13-5-6-15(26)14(9-13)21(41)35-8-7-12-3-2-4-17-19(12)43-11-42-17/h2-6,9-10H,7-8,11H2,1H3,(H,35,41). The summed E-state index contributed by atoms with van der Waals surface area (Å²) >= 11 is 6.19. The summed E-state index contributed by atoms with van der Waals surface area (Å²) in [5.74, 6) is -6.62. The van der Waals surface area contributed by atoms with Crippen molar-refractivity contribution in [1.29, 1.82) is 0 Å². The van der Waals surface area contributed by atoms with Crippen LogP contribution in [-0.4, -0.2) is 50.2 Å². The molecule has 0 spiro atoms. The average molecular weight is 637 g/mol. The van der Waals surface area contributed by atoms with Gasteiger partial charge in [0, 0.05) is 19.2 Å². The van der Waals surface area contributed by atoms with Gasteiger partial charge in [0.25, 0.3) is 5.91 Å². The van der Waals surface area contributed by atoms with E-state index < -0.39 is 41.3 Å². The van der Waals surface area contributed by atoms with Gasteiger partial charge in [-0.3, -0.25) is 4.79 Å². The number of para-hydroxylation sites is 1. The molecule has 1 aliphatic heterocycles. The van der Waals surface area contributed by atoms with E-state index in [0.29, 0.717) is 22.6 Å². The van der Waals surface area contributed by atoms with Crippen molar-refractivity contribution >= 4 is 17.5 Å². The zero-order valence-electron chi connectivity index (χ0n) is 21.5. The van der Waals surface area contributed by atoms with E-state index in [0.717, 1.165) is 18.8 Å². The lowest BCUT2D eigenvalue weighted by atomic mass is 10.1. The molecule has 0 atom stereocenters. The van der Waals surface area contributed by atoms with Gasteiger partial charge in [0.15, 0.2) is 23.0 Å². The Balaban J connectivity index is 1.41. The van der Waals surface area contributed by atoms with Crippen LogP contribution in [0.25, 0.3) is 17.1 Å². The smallest absolute Gasteiger partial charge is 0.454 e. The molecule has 5 rings (SSSR count). The fraction of sp³-hybridized carbons (Fsp3) is 0.280. The molecule has 228 valence electrons. The number of amides is 1. The van der Waals surface area contributed by atoms with E-state index in [2.05, 4.69) is 20.7 Å². The Bertz CT molecular complexity index is 1700. The molecule has 18 heteroatoms. The molecular weight excluding hydrogens is 620 g/mol. The third kappa shape index (κ3) is 5.55. The van der Waals surface area contributed by atoms with E-state index in [1.54, 1.807) is 18.2 Å². The number of hydrogen-bond donors (Lipinski definition) is 1. The van der Waals surface area contributed by atoms with E-state index in [1.807, 2.05) is 0 Å². The molecule has 0 fully saturated rings. The zero-order valence-corrected chi connectivity index (χ0v) is 22.3. The predicted octanol–water partition coefficient (Wildman–Crippen LogP) is 5.70. The van der Waals surface area contributed by atoms with Gasteiger partial charge < -0.3 is 14.8 Å². The number of nitrogens with zero attached hydrogens (tertiary/aromatic N) is 5. The van der Waals surface area contributed by atoms with Gasteiger partial charge in [-0.05, 0) is 30.2 Å². The maximum Gasteiger partial charge on any atom is 0.459 e. The highest BCUT2D eigenvalue weighted by Crippen LogP contribution is 2.49. The van der Waals surface area contributed by atoms with Crippen LogP contribution in [0.4, 0.5) is 35.1 Å². The summed E-state index contributed by atoms with van der Waals surface area (Å²) in [6.07, 6.45) is -10.8. The molecule has 1 amide bonds. The maximum atomic E-state index is 14.0. The minimum Gasteiger partial charge on any atom is -0.454 e. The molecule has 0 saturated heterocycles. The van der Waals surface area contributed by atoms with Crippen LogP contribution in [0.2, 0.25) is 5.02 Å². The molecule has 9 nitrogen and oxygen atoms in total. The highest BCUT2D eigenvalue weighted by atomic mass is 35.5. The first kappa shape index (κ1) is 30.1. The normalized spacial score (nSPS) is 13.4. The van der Waals surface area contributed by atoms with E-state index in [9.17, 15) is 39.9 Å². The van der Waals surface area contributed by atoms with Crippen molar-refractivity contribution in [3.8, 4) is 28.6 Å². The second-order valence-corrected chi connectivity index (χ2v) is 9.55. The topological polar surface area (TPSA) is 96.1 Å². The molecule has 1 N–H and O–H groups in total. The number of rotatable bonds is 7. The Morgan fingerprint density at radius 2 is 1.81 bits per heavy atom. The van der Waals surface area contributed by atoms with Crippen LogP contribution in [0.5, 0.6) is 11.5 Å². The number of ether oxygens (including phenoxy) is 2. The largest absolute Gasteiger partial charge is 0.459 e. The molecule has 43 heavy (non-hydrogen) atoms. The molecule has 4 aromatic rings. The van der Waals surface area contributed by atoms with Crippen molar-refractivity contribution in [3.05, 3.63) is 70.0 Å². The number of carbonyl (C=O) groups excluding carboxylic acids is 1. The number of carbonyl (C=O) groups is 1. The number of fused-ring (bicyclic) bond motifs is 1. The van der Waals surface area contributed by atoms with Crippen molar-refractivity contribution in [2.45, 2.75) is 24.7 Å². The molecule has 2 aromatic carbocycles. The molecule has 1 aliphatic rings. The summed E-state index contributed by atoms with van der Waals surface area (Å²) < 4.78 is 120. The lowest BCUT2D eigenvalue weighted by Gasteiger charge is -2.19. The predicted molar refractivity (Wildman–Crippen MR) is 132 cm³/mol. The van der Waals surface area contributed by atoms with Crippen molar-refractivity contribution in [1.82, 2.24) is 30.1 Å². The van der Waals surface area contributed by atoms with E-state index in [1.165, 1.54) is 18.2 Å². The highest BCUT2D eigenvalue weighted by molar-refractivity contribution is 6.34. The van der Waals surface area contributed by atoms with Crippen molar-refractivity contribution in [2.24, 2.45) is 7.05 Å². The molecule has 2 aromatic heterocycles. The number of halogens is 9. The fourth-order valence-electron chi connectivity index (χ4n) is 4.34. The number of benzene rings is 2. The van der Waals surface area contributed by atoms with Crippen LogP contribution in [0, 0.1) is 0 Å². The summed E-state index contributed by atoms with van der Waals surface area (Å²) in [5, 5.41) is 12.8. The summed E-state index contributed by atoms with van der Waals surface area (Å²) in [6, 6.07) is 9.24. The van der Waals surface area contributed by atoms with Crippen molar-refractivity contribution < 1.29 is 49.4 Å². The van der Waals surface area contributed by atoms with Gasteiger partial charge in [-0.15, -0.1) is 5.10 Å². The van der Waals surface area contributed by atoms with Gasteiger partial charge in [-0.1, -0.05) is 35.0 Å². The third-order valence-corrected chi connectivity index (χ3v) is 6.66. The van der Waals surface area contributed by atoms with Gasteiger partial charge in [-0.2, -0.15) is 40.2 Å². The monoisotopic (exact) mass is 636 g/mol. The van der Waals surface area contributed by atoms with E-state index in [-0.39, 0.29) is 39.9 Å². The molecule has 0 aliphatic carbocycles. The SMILES string of the molecule is Cn1nc(C(F)(F)C(F)(F)F)c(C(F)(F)F)c1-n1cc(-c2ccc(Cl)c(C(=O)NCCc3cccc4c3OCO4)c2)nn1. The number of aryl methyl sites for hydroxylation is 1. The first-order valence-electron chi connectivity index (χ1n) is 12.1. The van der Waals surface area contributed by atoms with Gasteiger partial charge in [0.1, 0.15) is 11.3 Å². The average Bonchev–Trinajstić information content (AvgIpc) is 3.66. The fourth-order valence-corrected chi connectivity index (χ4v) is 4.55. The number of hydrogen-bond acceptors (Lipinski definition) is 6. The number of nitrogens with one attached hydrogen (secondary N) is 1. The molecular formula is C25H17ClF8N6O3. The van der Waals surface area contributed by atoms with Gasteiger partial charge in [0.05, 0.1) is 16.8 Å². The number of aromatic nitrogens is 5. The summed E-state index contributed by atoms with van der Waals surface area (Å²) in [5.41, 5.74) is -4.14. The number of alkyl halides is 8. The first-order valence-corrected chi connectivity index (χ1v) is 12.4. The second-order valence-electron chi connectivity index (χ2n) is 9.14. The zero-order chi connectivity index (χ0) is 31.3. The Hall–Kier alpha value is -4.41. The van der Waals surface area contributed by atoms with E-state index in [4.69, 9.17) is 21.1 Å². The third-order valence-electron chi connectivity index (χ3n) is 6.33. The van der Waals surface area contributed by atoms with Crippen LogP contribution in [-0.2, 0) is 25.6 Å². The minimum atomic E-state index is -6.35. The Kier molecular flexibility index (Phi) is 7.48. The molecule has 3 heterocycles. The molecule has 0 saturated carbocycles. The lowest BCUT2D eigenvalue weighted by Crippen LogP contribution is -2.36. The highest BCUT2D eigenvalue weighted by Gasteiger charge is 2.64. The second kappa shape index (κ2) is 10.7. The van der Waals surface area contributed by atoms with Crippen LogP contribution in [0.3, 0.4) is 0 Å². The summed E-state index contributed by atoms with van der Waals surface area (Å²) in [4.78, 5) is 12.9. The summed E-state index contributed by atoms with van der Waals surface area (Å²) in [7, 11) is 0.746. The van der Waals surface area contributed by atoms with Gasteiger partial charge >= 0.3 is 18.3 Å². The Morgan fingerprint density at radius 3 is 2.51 bits per heavy atom. The van der Waals surface area contributed by atoms with Crippen molar-refractivity contribution in [2.75, 3.05) is 13.3 Å². The van der Waals surface area contributed by atoms with Gasteiger partial charge in [-0.25, -0.2) is 9.36 Å². The maximum absolute atomic E-state index is 14.0. The molecule has 0 bridgehead atoms. The van der Waals surface area contributed by atoms with Gasteiger partial charge in [0.2, 0.25) is 6.79 Å². The molecule has 0 unspecified atom stereocenters. The van der Waals surface area contributed by atoms with Crippen molar-refractivity contribution in [3.63, 3.8) is 0 Å². The summed E-state index contributed by atoms with van der Waals surface area (Å²) in [6.45, 7) is 0.242. The lowest BCUT2D eigenvalue weighted by molar-refractivity contribution is -0.292. The Morgan fingerprint density at radius 1 is 1.07 bits per heavy atom. The first-order chi connectivity index (χ1) is 20.1. The van der Waals surface area contributed by atoms with Crippen LogP contribution in [0.1, 0.15) is 27.2 Å². The van der Waals surface area contributed by atoms with E-state index >= 15 is 0 Å². The van der Waals surface area contributed by atoms with Crippen LogP contribution < -0.4 is 14.8 Å². The molecule has 0 radical (unpaired) electrons. The van der Waals surface area contributed by atoms with Crippen LogP contribution in [0.15, 0.2) is 42.6 Å². The quantitative estimate of drug-likeness (QED) is 0.262.